The maximum atomic E-state index is 14.7. The topological polar surface area (TPSA) is 114 Å². The van der Waals surface area contributed by atoms with Gasteiger partial charge in [0.15, 0.2) is 5.82 Å². The molecule has 1 saturated heterocycles. The Balaban J connectivity index is 1.24. The zero-order valence-corrected chi connectivity index (χ0v) is 22.5. The van der Waals surface area contributed by atoms with Gasteiger partial charge in [0, 0.05) is 36.9 Å². The number of fused-ring (bicyclic) bond motifs is 1. The van der Waals surface area contributed by atoms with E-state index in [9.17, 15) is 18.7 Å². The molecule has 0 aliphatic carbocycles. The first-order valence-electron chi connectivity index (χ1n) is 13.3. The van der Waals surface area contributed by atoms with E-state index in [1.165, 1.54) is 18.2 Å². The second-order valence-electron chi connectivity index (χ2n) is 9.96. The van der Waals surface area contributed by atoms with E-state index in [1.807, 2.05) is 22.8 Å². The number of benzene rings is 2. The number of rotatable bonds is 10. The van der Waals surface area contributed by atoms with Gasteiger partial charge >= 0.3 is 5.97 Å². The third-order valence-electron chi connectivity index (χ3n) is 7.33. The van der Waals surface area contributed by atoms with Gasteiger partial charge in [-0.3, -0.25) is 4.90 Å². The van der Waals surface area contributed by atoms with Crippen molar-refractivity contribution in [2.24, 2.45) is 0 Å². The number of methoxy groups -OCH3 is 1. The number of carboxylic acid groups (broad SMARTS) is 1. The molecule has 212 valence electrons. The minimum atomic E-state index is -1.20. The molecule has 9 nitrogen and oxygen atoms in total. The Bertz CT molecular complexity index is 1610. The fourth-order valence-electron chi connectivity index (χ4n) is 5.12. The molecule has 1 aliphatic rings. The van der Waals surface area contributed by atoms with E-state index in [0.29, 0.717) is 42.5 Å². The number of piperidine rings is 1. The van der Waals surface area contributed by atoms with Crippen LogP contribution in [0.15, 0.2) is 48.5 Å². The molecule has 0 amide bonds. The van der Waals surface area contributed by atoms with E-state index in [2.05, 4.69) is 14.9 Å². The summed E-state index contributed by atoms with van der Waals surface area (Å²) in [5.74, 6) is -1.08. The molecule has 5 rings (SSSR count). The van der Waals surface area contributed by atoms with Gasteiger partial charge in [-0.2, -0.15) is 5.26 Å². The minimum Gasteiger partial charge on any atom is -0.478 e. The molecule has 3 heterocycles. The molecular weight excluding hydrogens is 532 g/mol. The number of carboxylic acids is 1. The largest absolute Gasteiger partial charge is 0.478 e. The van der Waals surface area contributed by atoms with Gasteiger partial charge in [0.2, 0.25) is 5.88 Å². The number of halogens is 2. The van der Waals surface area contributed by atoms with Gasteiger partial charge in [0.1, 0.15) is 23.8 Å². The summed E-state index contributed by atoms with van der Waals surface area (Å²) < 4.78 is 41.8. The van der Waals surface area contributed by atoms with Gasteiger partial charge in [-0.25, -0.2) is 23.5 Å². The van der Waals surface area contributed by atoms with Crippen molar-refractivity contribution in [3.05, 3.63) is 88.4 Å². The second kappa shape index (κ2) is 12.4. The number of pyridine rings is 1. The summed E-state index contributed by atoms with van der Waals surface area (Å²) in [5, 5.41) is 18.3. The molecule has 41 heavy (non-hydrogen) atoms. The van der Waals surface area contributed by atoms with Crippen LogP contribution >= 0.6 is 0 Å². The van der Waals surface area contributed by atoms with Crippen molar-refractivity contribution in [3.8, 4) is 11.9 Å². The molecule has 2 aromatic heterocycles. The summed E-state index contributed by atoms with van der Waals surface area (Å²) in [5.41, 5.74) is 1.97. The van der Waals surface area contributed by atoms with Crippen LogP contribution in [0.4, 0.5) is 8.78 Å². The fourth-order valence-corrected chi connectivity index (χ4v) is 5.12. The summed E-state index contributed by atoms with van der Waals surface area (Å²) in [6.07, 6.45) is 1.69. The first kappa shape index (κ1) is 28.1. The summed E-state index contributed by atoms with van der Waals surface area (Å²) >= 11 is 0. The van der Waals surface area contributed by atoms with E-state index in [-0.39, 0.29) is 29.2 Å². The van der Waals surface area contributed by atoms with Gasteiger partial charge < -0.3 is 19.1 Å². The molecule has 0 spiro atoms. The van der Waals surface area contributed by atoms with Crippen molar-refractivity contribution < 1.29 is 28.2 Å². The van der Waals surface area contributed by atoms with Crippen LogP contribution < -0.4 is 4.74 Å². The van der Waals surface area contributed by atoms with E-state index in [1.54, 1.807) is 19.2 Å². The van der Waals surface area contributed by atoms with Gasteiger partial charge in [0.25, 0.3) is 0 Å². The Morgan fingerprint density at radius 2 is 1.93 bits per heavy atom. The molecule has 0 radical (unpaired) electrons. The van der Waals surface area contributed by atoms with Gasteiger partial charge in [-0.1, -0.05) is 12.1 Å². The highest BCUT2D eigenvalue weighted by molar-refractivity contribution is 5.92. The number of nitrogens with zero attached hydrogens (tertiary/aromatic N) is 5. The third-order valence-corrected chi connectivity index (χ3v) is 7.33. The molecule has 0 atom stereocenters. The van der Waals surface area contributed by atoms with E-state index in [4.69, 9.17) is 14.7 Å². The predicted molar refractivity (Wildman–Crippen MR) is 145 cm³/mol. The standard InChI is InChI=1S/C30H29F2N5O4/c1-40-12-11-37-26-15-22(30(38)39)14-24(32)29(26)35-27(37)17-36-9-7-20(8-10-36)25-3-2-4-28(34-25)41-18-21-6-5-19(16-33)13-23(21)31/h2-6,13-15,20H,7-12,17-18H2,1H3,(H,38,39). The van der Waals surface area contributed by atoms with Crippen molar-refractivity contribution in [2.45, 2.75) is 38.5 Å². The first-order valence-corrected chi connectivity index (χ1v) is 13.3. The highest BCUT2D eigenvalue weighted by atomic mass is 19.1. The molecule has 2 aromatic carbocycles. The van der Waals surface area contributed by atoms with Crippen molar-refractivity contribution >= 4 is 17.0 Å². The summed E-state index contributed by atoms with van der Waals surface area (Å²) in [6.45, 7) is 2.82. The monoisotopic (exact) mass is 561 g/mol. The fraction of sp³-hybridized carbons (Fsp3) is 0.333. The smallest absolute Gasteiger partial charge is 0.335 e. The number of ether oxygens (including phenoxy) is 2. The Labute approximate surface area is 235 Å². The van der Waals surface area contributed by atoms with Crippen LogP contribution in [0, 0.1) is 23.0 Å². The third kappa shape index (κ3) is 6.34. The van der Waals surface area contributed by atoms with Crippen LogP contribution in [-0.2, 0) is 24.4 Å². The Kier molecular flexibility index (Phi) is 8.52. The second-order valence-corrected chi connectivity index (χ2v) is 9.96. The predicted octanol–water partition coefficient (Wildman–Crippen LogP) is 4.88. The zero-order chi connectivity index (χ0) is 28.9. The van der Waals surface area contributed by atoms with Crippen molar-refractivity contribution in [1.82, 2.24) is 19.4 Å². The van der Waals surface area contributed by atoms with E-state index < -0.39 is 17.6 Å². The summed E-state index contributed by atoms with van der Waals surface area (Å²) in [4.78, 5) is 22.9. The Morgan fingerprint density at radius 3 is 2.63 bits per heavy atom. The van der Waals surface area contributed by atoms with Crippen LogP contribution in [-0.4, -0.2) is 57.3 Å². The molecule has 11 heteroatoms. The number of nitriles is 1. The van der Waals surface area contributed by atoms with E-state index in [0.717, 1.165) is 37.7 Å². The molecule has 1 fully saturated rings. The number of aromatic carboxylic acids is 1. The highest BCUT2D eigenvalue weighted by Crippen LogP contribution is 2.30. The number of carbonyl (C=O) groups is 1. The molecule has 1 N–H and O–H groups in total. The minimum absolute atomic E-state index is 0.00502. The number of aromatic nitrogens is 3. The Hall–Kier alpha value is -4.40. The quantitative estimate of drug-likeness (QED) is 0.291. The molecular formula is C30H29F2N5O4. The van der Waals surface area contributed by atoms with Crippen molar-refractivity contribution in [1.29, 1.82) is 5.26 Å². The lowest BCUT2D eigenvalue weighted by Crippen LogP contribution is -2.33. The van der Waals surface area contributed by atoms with E-state index >= 15 is 0 Å². The number of imidazole rings is 1. The van der Waals surface area contributed by atoms with Crippen LogP contribution in [0.5, 0.6) is 5.88 Å². The van der Waals surface area contributed by atoms with Crippen LogP contribution in [0.2, 0.25) is 0 Å². The maximum Gasteiger partial charge on any atom is 0.335 e. The molecule has 4 aromatic rings. The molecule has 1 aliphatic heterocycles. The van der Waals surface area contributed by atoms with Crippen molar-refractivity contribution in [2.75, 3.05) is 26.8 Å². The van der Waals surface area contributed by atoms with Crippen LogP contribution in [0.1, 0.15) is 51.8 Å². The maximum absolute atomic E-state index is 14.7. The lowest BCUT2D eigenvalue weighted by Gasteiger charge is -2.31. The number of hydrogen-bond donors (Lipinski definition) is 1. The first-order chi connectivity index (χ1) is 19.9. The molecule has 0 unspecified atom stereocenters. The number of likely N-dealkylation sites (tertiary alicyclic amines) is 1. The molecule has 0 saturated carbocycles. The molecule has 0 bridgehead atoms. The number of hydrogen-bond acceptors (Lipinski definition) is 7. The van der Waals surface area contributed by atoms with Gasteiger partial charge in [0.05, 0.1) is 35.9 Å². The van der Waals surface area contributed by atoms with Crippen LogP contribution in [0.25, 0.3) is 11.0 Å². The van der Waals surface area contributed by atoms with Gasteiger partial charge in [-0.15, -0.1) is 0 Å². The SMILES string of the molecule is COCCn1c(CN2CCC(c3cccc(OCc4ccc(C#N)cc4F)n3)CC2)nc2c(F)cc(C(=O)O)cc21. The average Bonchev–Trinajstić information content (AvgIpc) is 3.33. The lowest BCUT2D eigenvalue weighted by molar-refractivity contribution is 0.0696. The summed E-state index contributed by atoms with van der Waals surface area (Å²) in [6, 6.07) is 14.2. The lowest BCUT2D eigenvalue weighted by atomic mass is 9.93. The van der Waals surface area contributed by atoms with Crippen molar-refractivity contribution in [3.63, 3.8) is 0 Å². The normalized spacial score (nSPS) is 14.3. The summed E-state index contributed by atoms with van der Waals surface area (Å²) in [7, 11) is 1.58. The Morgan fingerprint density at radius 1 is 1.12 bits per heavy atom. The van der Waals surface area contributed by atoms with Gasteiger partial charge in [-0.05, 0) is 56.3 Å². The zero-order valence-electron chi connectivity index (χ0n) is 22.5. The van der Waals surface area contributed by atoms with Crippen LogP contribution in [0.3, 0.4) is 0 Å². The average molecular weight is 562 g/mol. The highest BCUT2D eigenvalue weighted by Gasteiger charge is 2.25.